The Morgan fingerprint density at radius 3 is 2.81 bits per heavy atom. The van der Waals surface area contributed by atoms with Crippen molar-refractivity contribution in [3.63, 3.8) is 0 Å². The van der Waals surface area contributed by atoms with Gasteiger partial charge in [0.25, 0.3) is 5.56 Å². The topological polar surface area (TPSA) is 76.9 Å². The summed E-state index contributed by atoms with van der Waals surface area (Å²) in [5.41, 5.74) is 2.43. The van der Waals surface area contributed by atoms with Gasteiger partial charge in [0.15, 0.2) is 5.52 Å². The fourth-order valence-corrected chi connectivity index (χ4v) is 4.50. The number of carbonyl (C=O) groups is 1. The number of thiophene rings is 1. The molecule has 0 spiro atoms. The van der Waals surface area contributed by atoms with Crippen molar-refractivity contribution in [2.75, 3.05) is 5.32 Å². The summed E-state index contributed by atoms with van der Waals surface area (Å²) in [6, 6.07) is 11.4. The summed E-state index contributed by atoms with van der Waals surface area (Å²) in [7, 11) is 0. The van der Waals surface area contributed by atoms with Crippen molar-refractivity contribution in [1.82, 2.24) is 14.8 Å². The lowest BCUT2D eigenvalue weighted by atomic mass is 10.2. The maximum Gasteiger partial charge on any atom is 0.294 e. The lowest BCUT2D eigenvalue weighted by Gasteiger charge is -2.09. The number of nitrogens with one attached hydrogen (secondary N) is 1. The van der Waals surface area contributed by atoms with Crippen LogP contribution in [0.2, 0.25) is 0 Å². The summed E-state index contributed by atoms with van der Waals surface area (Å²) in [5, 5.41) is 10.0. The Hall–Kier alpha value is -2.84. The number of carbonyl (C=O) groups excluding carboxylic acids is 1. The number of fused-ring (bicyclic) bond motifs is 1. The maximum absolute atomic E-state index is 12.8. The first-order valence-electron chi connectivity index (χ1n) is 8.30. The van der Waals surface area contributed by atoms with E-state index in [0.717, 1.165) is 20.1 Å². The summed E-state index contributed by atoms with van der Waals surface area (Å²) in [4.78, 5) is 30.5. The predicted octanol–water partition coefficient (Wildman–Crippen LogP) is 3.84. The fraction of sp³-hybridized carbons (Fsp3) is 0.158. The van der Waals surface area contributed by atoms with Gasteiger partial charge in [0.1, 0.15) is 12.2 Å². The van der Waals surface area contributed by atoms with Gasteiger partial charge in [0.05, 0.1) is 14.6 Å². The van der Waals surface area contributed by atoms with Gasteiger partial charge in [-0.15, -0.1) is 22.7 Å². The van der Waals surface area contributed by atoms with Crippen LogP contribution in [-0.2, 0) is 11.3 Å². The van der Waals surface area contributed by atoms with E-state index in [9.17, 15) is 9.59 Å². The van der Waals surface area contributed by atoms with Gasteiger partial charge in [-0.2, -0.15) is 5.10 Å². The second-order valence-corrected chi connectivity index (χ2v) is 8.27. The molecule has 8 heteroatoms. The molecule has 0 fully saturated rings. The number of rotatable bonds is 4. The highest BCUT2D eigenvalue weighted by atomic mass is 32.1. The van der Waals surface area contributed by atoms with E-state index in [4.69, 9.17) is 0 Å². The van der Waals surface area contributed by atoms with Gasteiger partial charge in [-0.1, -0.05) is 18.2 Å². The second kappa shape index (κ2) is 7.05. The number of amides is 1. The molecule has 0 radical (unpaired) electrons. The third-order valence-electron chi connectivity index (χ3n) is 3.96. The van der Waals surface area contributed by atoms with E-state index in [0.29, 0.717) is 16.9 Å². The van der Waals surface area contributed by atoms with Crippen molar-refractivity contribution < 1.29 is 4.79 Å². The molecule has 0 saturated heterocycles. The summed E-state index contributed by atoms with van der Waals surface area (Å²) in [6.45, 7) is 3.64. The van der Waals surface area contributed by atoms with Crippen LogP contribution in [0.5, 0.6) is 0 Å². The number of benzene rings is 1. The van der Waals surface area contributed by atoms with Gasteiger partial charge in [-0.3, -0.25) is 9.59 Å². The molecule has 1 aromatic carbocycles. The number of aryl methyl sites for hydroxylation is 2. The molecule has 0 atom stereocenters. The number of hydrogen-bond donors (Lipinski definition) is 1. The molecule has 3 aromatic heterocycles. The van der Waals surface area contributed by atoms with Crippen molar-refractivity contribution >= 4 is 44.5 Å². The second-order valence-electron chi connectivity index (χ2n) is 6.12. The van der Waals surface area contributed by atoms with Gasteiger partial charge in [0, 0.05) is 5.69 Å². The normalized spacial score (nSPS) is 11.0. The van der Waals surface area contributed by atoms with Gasteiger partial charge < -0.3 is 5.32 Å². The highest BCUT2D eigenvalue weighted by Gasteiger charge is 2.18. The average Bonchev–Trinajstić information content (AvgIpc) is 3.27. The lowest BCUT2D eigenvalue weighted by molar-refractivity contribution is -0.117. The third-order valence-corrected chi connectivity index (χ3v) is 5.81. The fourth-order valence-electron chi connectivity index (χ4n) is 2.81. The number of hydrogen-bond acceptors (Lipinski definition) is 6. The molecule has 6 nitrogen and oxygen atoms in total. The highest BCUT2D eigenvalue weighted by Crippen LogP contribution is 2.31. The number of thiazole rings is 1. The van der Waals surface area contributed by atoms with E-state index in [1.807, 2.05) is 55.6 Å². The van der Waals surface area contributed by atoms with E-state index < -0.39 is 0 Å². The predicted molar refractivity (Wildman–Crippen MR) is 110 cm³/mol. The molecule has 1 N–H and O–H groups in total. The Kier molecular flexibility index (Phi) is 4.59. The van der Waals surface area contributed by atoms with Crippen LogP contribution >= 0.6 is 22.7 Å². The van der Waals surface area contributed by atoms with Crippen molar-refractivity contribution in [3.05, 3.63) is 62.7 Å². The largest absolute Gasteiger partial charge is 0.324 e. The van der Waals surface area contributed by atoms with Crippen LogP contribution in [0.15, 0.2) is 46.6 Å². The van der Waals surface area contributed by atoms with Crippen LogP contribution < -0.4 is 10.9 Å². The van der Waals surface area contributed by atoms with Gasteiger partial charge in [-0.05, 0) is 43.0 Å². The van der Waals surface area contributed by atoms with Crippen LogP contribution in [0.3, 0.4) is 0 Å². The average molecular weight is 396 g/mol. The zero-order valence-corrected chi connectivity index (χ0v) is 16.4. The van der Waals surface area contributed by atoms with E-state index in [-0.39, 0.29) is 18.0 Å². The molecule has 0 aliphatic rings. The van der Waals surface area contributed by atoms with Crippen molar-refractivity contribution in [3.8, 4) is 10.6 Å². The Morgan fingerprint density at radius 2 is 2.07 bits per heavy atom. The summed E-state index contributed by atoms with van der Waals surface area (Å²) in [5.74, 6) is -0.307. The van der Waals surface area contributed by atoms with Gasteiger partial charge in [-0.25, -0.2) is 9.67 Å². The maximum atomic E-state index is 12.8. The molecule has 0 saturated carbocycles. The Bertz CT molecular complexity index is 1190. The van der Waals surface area contributed by atoms with Crippen molar-refractivity contribution in [2.45, 2.75) is 20.4 Å². The Labute approximate surface area is 163 Å². The zero-order valence-electron chi connectivity index (χ0n) is 14.7. The molecule has 4 rings (SSSR count). The molecule has 0 aliphatic carbocycles. The summed E-state index contributed by atoms with van der Waals surface area (Å²) >= 11 is 2.98. The van der Waals surface area contributed by atoms with Gasteiger partial charge >= 0.3 is 0 Å². The minimum atomic E-state index is -0.353. The van der Waals surface area contributed by atoms with E-state index in [2.05, 4.69) is 15.4 Å². The first kappa shape index (κ1) is 17.6. The lowest BCUT2D eigenvalue weighted by Crippen LogP contribution is -2.30. The van der Waals surface area contributed by atoms with E-state index in [1.165, 1.54) is 27.4 Å². The minimum absolute atomic E-state index is 0.169. The van der Waals surface area contributed by atoms with Crippen LogP contribution in [0.25, 0.3) is 20.8 Å². The molecule has 3 heterocycles. The van der Waals surface area contributed by atoms with Crippen molar-refractivity contribution in [2.24, 2.45) is 0 Å². The molecule has 0 aliphatic heterocycles. The van der Waals surface area contributed by atoms with Crippen LogP contribution in [0, 0.1) is 13.8 Å². The number of anilines is 1. The Morgan fingerprint density at radius 1 is 1.22 bits per heavy atom. The molecule has 1 amide bonds. The van der Waals surface area contributed by atoms with E-state index >= 15 is 0 Å². The van der Waals surface area contributed by atoms with Crippen LogP contribution in [0.4, 0.5) is 5.69 Å². The Balaban J connectivity index is 1.72. The zero-order chi connectivity index (χ0) is 19.0. The molecular weight excluding hydrogens is 380 g/mol. The van der Waals surface area contributed by atoms with Crippen LogP contribution in [-0.4, -0.2) is 20.7 Å². The number of nitrogens with zero attached hydrogens (tertiary/aromatic N) is 3. The molecule has 4 aromatic rings. The highest BCUT2D eigenvalue weighted by molar-refractivity contribution is 7.20. The van der Waals surface area contributed by atoms with Crippen molar-refractivity contribution in [1.29, 1.82) is 0 Å². The first-order valence-corrected chi connectivity index (χ1v) is 9.99. The molecule has 0 bridgehead atoms. The summed E-state index contributed by atoms with van der Waals surface area (Å²) < 4.78 is 1.96. The SMILES string of the molecule is Cc1cccc(NC(=O)Cn2nc(-c3cccs3)c3sc(C)nc3c2=O)c1. The standard InChI is InChI=1S/C19H16N4O2S2/c1-11-5-3-6-13(9-11)21-15(24)10-23-19(25)17-18(27-12(2)20-17)16(22-23)14-7-4-8-26-14/h3-9H,10H2,1-2H3,(H,21,24). The molecule has 0 unspecified atom stereocenters. The van der Waals surface area contributed by atoms with Crippen LogP contribution in [0.1, 0.15) is 10.6 Å². The summed E-state index contributed by atoms with van der Waals surface area (Å²) in [6.07, 6.45) is 0. The molecular formula is C19H16N4O2S2. The smallest absolute Gasteiger partial charge is 0.294 e. The third kappa shape index (κ3) is 3.54. The minimum Gasteiger partial charge on any atom is -0.324 e. The monoisotopic (exact) mass is 396 g/mol. The first-order chi connectivity index (χ1) is 13.0. The number of aromatic nitrogens is 3. The van der Waals surface area contributed by atoms with Gasteiger partial charge in [0.2, 0.25) is 5.91 Å². The molecule has 27 heavy (non-hydrogen) atoms. The molecule has 136 valence electrons. The van der Waals surface area contributed by atoms with E-state index in [1.54, 1.807) is 0 Å². The quantitative estimate of drug-likeness (QED) is 0.569.